The molecule has 20 heavy (non-hydrogen) atoms. The molecule has 1 aliphatic heterocycles. The Bertz CT molecular complexity index is 524. The summed E-state index contributed by atoms with van der Waals surface area (Å²) in [6.07, 6.45) is 2.80. The molecule has 1 aromatic carbocycles. The lowest BCUT2D eigenvalue weighted by molar-refractivity contribution is 0.146. The van der Waals surface area contributed by atoms with E-state index in [2.05, 4.69) is 50.1 Å². The molecule has 1 aliphatic rings. The van der Waals surface area contributed by atoms with Gasteiger partial charge in [-0.05, 0) is 34.8 Å². The number of hydrogen-bond donors (Lipinski definition) is 1. The number of nitrogens with zero attached hydrogens (tertiary/aromatic N) is 3. The summed E-state index contributed by atoms with van der Waals surface area (Å²) in [5.74, 6) is 0.254. The zero-order valence-electron chi connectivity index (χ0n) is 12.9. The molecule has 0 amide bonds. The Morgan fingerprint density at radius 1 is 1.05 bits per heavy atom. The van der Waals surface area contributed by atoms with Gasteiger partial charge in [0.05, 0.1) is 6.21 Å². The lowest BCUT2D eigenvalue weighted by atomic mass is 9.63. The highest BCUT2D eigenvalue weighted by Crippen LogP contribution is 2.50. The predicted molar refractivity (Wildman–Crippen MR) is 81.0 cm³/mol. The van der Waals surface area contributed by atoms with Crippen molar-refractivity contribution in [1.82, 2.24) is 0 Å². The third kappa shape index (κ3) is 2.60. The van der Waals surface area contributed by atoms with Crippen molar-refractivity contribution in [3.63, 3.8) is 0 Å². The van der Waals surface area contributed by atoms with Gasteiger partial charge in [-0.15, -0.1) is 5.10 Å². The summed E-state index contributed by atoms with van der Waals surface area (Å²) in [5, 5.41) is 21.8. The van der Waals surface area contributed by atoms with Crippen molar-refractivity contribution < 1.29 is 5.11 Å². The van der Waals surface area contributed by atoms with Crippen LogP contribution >= 0.6 is 0 Å². The Hall–Kier alpha value is -1.71. The fraction of sp³-hybridized carbons (Fsp3) is 0.562. The van der Waals surface area contributed by atoms with Crippen LogP contribution in [0.5, 0.6) is 5.75 Å². The molecule has 0 radical (unpaired) electrons. The molecular formula is C16H23N3O. The van der Waals surface area contributed by atoms with E-state index in [0.29, 0.717) is 0 Å². The molecule has 1 aromatic rings. The monoisotopic (exact) mass is 273 g/mol. The van der Waals surface area contributed by atoms with Crippen LogP contribution in [0.25, 0.3) is 0 Å². The van der Waals surface area contributed by atoms with E-state index in [-0.39, 0.29) is 16.6 Å². The van der Waals surface area contributed by atoms with Crippen molar-refractivity contribution >= 4 is 6.21 Å². The second kappa shape index (κ2) is 4.69. The van der Waals surface area contributed by atoms with E-state index in [0.717, 1.165) is 12.0 Å². The number of rotatable bonds is 3. The Morgan fingerprint density at radius 3 is 2.10 bits per heavy atom. The van der Waals surface area contributed by atoms with Crippen molar-refractivity contribution in [1.29, 1.82) is 0 Å². The molecule has 1 heterocycles. The average molecular weight is 273 g/mol. The molecule has 108 valence electrons. The van der Waals surface area contributed by atoms with Crippen molar-refractivity contribution in [2.45, 2.75) is 46.6 Å². The molecule has 0 saturated heterocycles. The van der Waals surface area contributed by atoms with Gasteiger partial charge in [0, 0.05) is 5.41 Å². The number of hydrogen-bond acceptors (Lipinski definition) is 4. The first-order valence-electron chi connectivity index (χ1n) is 6.92. The maximum absolute atomic E-state index is 9.49. The number of phenols is 1. The summed E-state index contributed by atoms with van der Waals surface area (Å²) in [5.41, 5.74) is 0.494. The smallest absolute Gasteiger partial charge is 0.150 e. The molecule has 0 fully saturated rings. The minimum atomic E-state index is -0.562. The van der Waals surface area contributed by atoms with E-state index in [1.807, 2.05) is 18.3 Å². The van der Waals surface area contributed by atoms with Crippen LogP contribution in [-0.4, -0.2) is 11.3 Å². The molecular weight excluding hydrogens is 250 g/mol. The summed E-state index contributed by atoms with van der Waals surface area (Å²) in [4.78, 5) is 0. The second-order valence-corrected chi connectivity index (χ2v) is 7.37. The quantitative estimate of drug-likeness (QED) is 0.866. The fourth-order valence-corrected chi connectivity index (χ4v) is 3.24. The standard InChI is InChI=1S/C16H23N3O/c1-14(2,3)10-15(4,5)16(11-17-19-18-16)12-6-8-13(20)9-7-12/h6-9,11,20H,10H2,1-5H3. The zero-order valence-corrected chi connectivity index (χ0v) is 12.9. The normalized spacial score (nSPS) is 22.4. The van der Waals surface area contributed by atoms with Gasteiger partial charge >= 0.3 is 0 Å². The van der Waals surface area contributed by atoms with Crippen LogP contribution in [0, 0.1) is 10.8 Å². The summed E-state index contributed by atoms with van der Waals surface area (Å²) in [6, 6.07) is 7.17. The molecule has 1 N–H and O–H groups in total. The van der Waals surface area contributed by atoms with Crippen LogP contribution in [0.15, 0.2) is 39.7 Å². The van der Waals surface area contributed by atoms with Crippen molar-refractivity contribution in [2.75, 3.05) is 0 Å². The van der Waals surface area contributed by atoms with Gasteiger partial charge in [0.15, 0.2) is 5.54 Å². The van der Waals surface area contributed by atoms with Gasteiger partial charge in [-0.25, -0.2) is 0 Å². The van der Waals surface area contributed by atoms with Gasteiger partial charge in [-0.1, -0.05) is 46.8 Å². The molecule has 2 rings (SSSR count). The zero-order chi connectivity index (χ0) is 15.0. The number of benzene rings is 1. The van der Waals surface area contributed by atoms with Crippen molar-refractivity contribution in [2.24, 2.45) is 26.3 Å². The van der Waals surface area contributed by atoms with Crippen LogP contribution in [0.4, 0.5) is 0 Å². The third-order valence-electron chi connectivity index (χ3n) is 3.81. The molecule has 1 unspecified atom stereocenters. The summed E-state index contributed by atoms with van der Waals surface area (Å²) in [7, 11) is 0. The van der Waals surface area contributed by atoms with Gasteiger partial charge in [-0.3, -0.25) is 0 Å². The maximum Gasteiger partial charge on any atom is 0.150 e. The highest BCUT2D eigenvalue weighted by molar-refractivity contribution is 5.75. The van der Waals surface area contributed by atoms with Gasteiger partial charge in [0.1, 0.15) is 5.75 Å². The van der Waals surface area contributed by atoms with Gasteiger partial charge < -0.3 is 5.11 Å². The largest absolute Gasteiger partial charge is 0.508 e. The van der Waals surface area contributed by atoms with Gasteiger partial charge in [0.25, 0.3) is 0 Å². The number of phenolic OH excluding ortho intramolecular Hbond substituents is 1. The maximum atomic E-state index is 9.49. The van der Waals surface area contributed by atoms with Crippen LogP contribution < -0.4 is 0 Å². The molecule has 0 bridgehead atoms. The topological polar surface area (TPSA) is 57.3 Å². The highest BCUT2D eigenvalue weighted by atomic mass is 16.3. The molecule has 0 aromatic heterocycles. The van der Waals surface area contributed by atoms with Crippen LogP contribution in [0.3, 0.4) is 0 Å². The minimum Gasteiger partial charge on any atom is -0.508 e. The molecule has 0 aliphatic carbocycles. The van der Waals surface area contributed by atoms with Crippen molar-refractivity contribution in [3.8, 4) is 5.75 Å². The fourth-order valence-electron chi connectivity index (χ4n) is 3.24. The first kappa shape index (κ1) is 14.7. The Morgan fingerprint density at radius 2 is 1.65 bits per heavy atom. The third-order valence-corrected chi connectivity index (χ3v) is 3.81. The predicted octanol–water partition coefficient (Wildman–Crippen LogP) is 4.50. The van der Waals surface area contributed by atoms with Gasteiger partial charge in [-0.2, -0.15) is 5.11 Å². The Balaban J connectivity index is 2.48. The van der Waals surface area contributed by atoms with Crippen LogP contribution in [0.1, 0.15) is 46.6 Å². The minimum absolute atomic E-state index is 0.133. The van der Waals surface area contributed by atoms with E-state index in [4.69, 9.17) is 0 Å². The molecule has 0 saturated carbocycles. The Labute approximate surface area is 120 Å². The molecule has 4 nitrogen and oxygen atoms in total. The highest BCUT2D eigenvalue weighted by Gasteiger charge is 2.49. The molecule has 4 heteroatoms. The first-order chi connectivity index (χ1) is 9.16. The average Bonchev–Trinajstić information content (AvgIpc) is 2.77. The SMILES string of the molecule is CC(C)(C)CC(C)(C)C1(c2ccc(O)cc2)C=NN=N1. The summed E-state index contributed by atoms with van der Waals surface area (Å²) in [6.45, 7) is 11.1. The summed E-state index contributed by atoms with van der Waals surface area (Å²) < 4.78 is 0. The Kier molecular flexibility index (Phi) is 3.44. The number of aromatic hydroxyl groups is 1. The summed E-state index contributed by atoms with van der Waals surface area (Å²) >= 11 is 0. The molecule has 0 spiro atoms. The van der Waals surface area contributed by atoms with E-state index in [1.54, 1.807) is 12.1 Å². The van der Waals surface area contributed by atoms with E-state index >= 15 is 0 Å². The van der Waals surface area contributed by atoms with Crippen LogP contribution in [0.2, 0.25) is 0 Å². The molecule has 1 atom stereocenters. The lowest BCUT2D eigenvalue weighted by Gasteiger charge is -2.42. The van der Waals surface area contributed by atoms with Crippen molar-refractivity contribution in [3.05, 3.63) is 29.8 Å². The van der Waals surface area contributed by atoms with E-state index in [9.17, 15) is 5.11 Å². The second-order valence-electron chi connectivity index (χ2n) is 7.37. The van der Waals surface area contributed by atoms with E-state index in [1.165, 1.54) is 0 Å². The van der Waals surface area contributed by atoms with Gasteiger partial charge in [0.2, 0.25) is 0 Å². The van der Waals surface area contributed by atoms with Crippen LogP contribution in [-0.2, 0) is 5.54 Å². The van der Waals surface area contributed by atoms with E-state index < -0.39 is 5.54 Å². The first-order valence-corrected chi connectivity index (χ1v) is 6.92. The lowest BCUT2D eigenvalue weighted by Crippen LogP contribution is -2.43.